The van der Waals surface area contributed by atoms with E-state index < -0.39 is 0 Å². The summed E-state index contributed by atoms with van der Waals surface area (Å²) in [6.45, 7) is 10.3. The van der Waals surface area contributed by atoms with Gasteiger partial charge in [-0.25, -0.2) is 0 Å². The zero-order valence-corrected chi connectivity index (χ0v) is 11.9. The van der Waals surface area contributed by atoms with Crippen LogP contribution >= 0.6 is 0 Å². The van der Waals surface area contributed by atoms with Crippen molar-refractivity contribution < 1.29 is 0 Å². The Kier molecular flexibility index (Phi) is 4.22. The van der Waals surface area contributed by atoms with Crippen LogP contribution in [0, 0.1) is 5.92 Å². The number of hydrogen-bond acceptors (Lipinski definition) is 3. The summed E-state index contributed by atoms with van der Waals surface area (Å²) in [5, 5.41) is 3.68. The average molecular weight is 251 g/mol. The lowest BCUT2D eigenvalue weighted by molar-refractivity contribution is 0.0921. The first-order valence-corrected chi connectivity index (χ1v) is 8.06. The first-order chi connectivity index (χ1) is 8.86. The summed E-state index contributed by atoms with van der Waals surface area (Å²) < 4.78 is 0. The second kappa shape index (κ2) is 5.89. The van der Waals surface area contributed by atoms with Crippen LogP contribution in [0.5, 0.6) is 0 Å². The molecule has 3 heterocycles. The van der Waals surface area contributed by atoms with Crippen LogP contribution in [0.15, 0.2) is 0 Å². The SMILES string of the molecule is CCCN(CC1CCCN1)C1CCN2CCC1C2. The van der Waals surface area contributed by atoms with Crippen molar-refractivity contribution in [2.24, 2.45) is 5.92 Å². The molecule has 2 bridgehead atoms. The van der Waals surface area contributed by atoms with E-state index in [1.165, 1.54) is 71.4 Å². The minimum Gasteiger partial charge on any atom is -0.313 e. The van der Waals surface area contributed by atoms with E-state index in [2.05, 4.69) is 22.0 Å². The van der Waals surface area contributed by atoms with Gasteiger partial charge in [-0.1, -0.05) is 6.92 Å². The topological polar surface area (TPSA) is 18.5 Å². The Bertz CT molecular complexity index is 262. The Morgan fingerprint density at radius 3 is 2.89 bits per heavy atom. The van der Waals surface area contributed by atoms with Gasteiger partial charge in [-0.05, 0) is 64.2 Å². The van der Waals surface area contributed by atoms with E-state index in [1.807, 2.05) is 0 Å². The van der Waals surface area contributed by atoms with Crippen molar-refractivity contribution in [3.8, 4) is 0 Å². The lowest BCUT2D eigenvalue weighted by Gasteiger charge is -2.40. The highest BCUT2D eigenvalue weighted by molar-refractivity contribution is 4.93. The lowest BCUT2D eigenvalue weighted by atomic mass is 9.92. The predicted molar refractivity (Wildman–Crippen MR) is 75.8 cm³/mol. The van der Waals surface area contributed by atoms with Crippen molar-refractivity contribution in [3.63, 3.8) is 0 Å². The van der Waals surface area contributed by atoms with Crippen molar-refractivity contribution in [3.05, 3.63) is 0 Å². The van der Waals surface area contributed by atoms with Crippen LogP contribution in [0.25, 0.3) is 0 Å². The third kappa shape index (κ3) is 2.73. The third-order valence-corrected chi connectivity index (χ3v) is 5.19. The number of rotatable bonds is 5. The van der Waals surface area contributed by atoms with Gasteiger partial charge in [0, 0.05) is 25.2 Å². The molecule has 0 aromatic carbocycles. The Morgan fingerprint density at radius 1 is 1.22 bits per heavy atom. The van der Waals surface area contributed by atoms with Crippen LogP contribution in [0.4, 0.5) is 0 Å². The second-order valence-corrected chi connectivity index (χ2v) is 6.49. The summed E-state index contributed by atoms with van der Waals surface area (Å²) in [6, 6.07) is 1.65. The van der Waals surface area contributed by atoms with Gasteiger partial charge in [0.2, 0.25) is 0 Å². The van der Waals surface area contributed by atoms with E-state index >= 15 is 0 Å². The fraction of sp³-hybridized carbons (Fsp3) is 1.00. The van der Waals surface area contributed by atoms with Crippen LogP contribution in [0.2, 0.25) is 0 Å². The molecule has 4 atom stereocenters. The zero-order chi connectivity index (χ0) is 12.4. The van der Waals surface area contributed by atoms with Crippen LogP contribution in [-0.4, -0.2) is 61.2 Å². The van der Waals surface area contributed by atoms with Gasteiger partial charge < -0.3 is 10.2 Å². The largest absolute Gasteiger partial charge is 0.313 e. The highest BCUT2D eigenvalue weighted by Gasteiger charge is 2.37. The minimum atomic E-state index is 0.774. The highest BCUT2D eigenvalue weighted by Crippen LogP contribution is 2.31. The molecule has 1 N–H and O–H groups in total. The lowest BCUT2D eigenvalue weighted by Crippen LogP contribution is -2.50. The molecule has 0 aliphatic carbocycles. The molecule has 0 amide bonds. The molecular formula is C15H29N3. The number of nitrogens with zero attached hydrogens (tertiary/aromatic N) is 2. The molecule has 0 aromatic rings. The maximum Gasteiger partial charge on any atom is 0.0195 e. The first kappa shape index (κ1) is 12.9. The third-order valence-electron chi connectivity index (χ3n) is 5.19. The molecule has 0 radical (unpaired) electrons. The van der Waals surface area contributed by atoms with Gasteiger partial charge in [0.05, 0.1) is 0 Å². The van der Waals surface area contributed by atoms with Gasteiger partial charge >= 0.3 is 0 Å². The van der Waals surface area contributed by atoms with Gasteiger partial charge in [-0.3, -0.25) is 4.90 Å². The van der Waals surface area contributed by atoms with Gasteiger partial charge in [-0.15, -0.1) is 0 Å². The summed E-state index contributed by atoms with van der Waals surface area (Å²) >= 11 is 0. The van der Waals surface area contributed by atoms with Gasteiger partial charge in [0.25, 0.3) is 0 Å². The molecule has 3 aliphatic rings. The second-order valence-electron chi connectivity index (χ2n) is 6.49. The molecular weight excluding hydrogens is 222 g/mol. The highest BCUT2D eigenvalue weighted by atomic mass is 15.2. The number of nitrogens with one attached hydrogen (secondary N) is 1. The van der Waals surface area contributed by atoms with Crippen LogP contribution in [-0.2, 0) is 0 Å². The molecule has 4 unspecified atom stereocenters. The summed E-state index contributed by atoms with van der Waals surface area (Å²) in [6.07, 6.45) is 6.94. The van der Waals surface area contributed by atoms with E-state index in [0.717, 1.165) is 18.0 Å². The van der Waals surface area contributed by atoms with E-state index in [-0.39, 0.29) is 0 Å². The quantitative estimate of drug-likeness (QED) is 0.800. The van der Waals surface area contributed by atoms with Gasteiger partial charge in [-0.2, -0.15) is 0 Å². The summed E-state index contributed by atoms with van der Waals surface area (Å²) in [5.41, 5.74) is 0. The maximum absolute atomic E-state index is 3.68. The van der Waals surface area contributed by atoms with E-state index in [9.17, 15) is 0 Å². The van der Waals surface area contributed by atoms with Crippen molar-refractivity contribution in [2.75, 3.05) is 39.3 Å². The Balaban J connectivity index is 1.60. The van der Waals surface area contributed by atoms with Gasteiger partial charge in [0.15, 0.2) is 0 Å². The molecule has 3 nitrogen and oxygen atoms in total. The molecule has 3 heteroatoms. The van der Waals surface area contributed by atoms with E-state index in [4.69, 9.17) is 0 Å². The van der Waals surface area contributed by atoms with Crippen molar-refractivity contribution in [1.82, 2.24) is 15.1 Å². The first-order valence-electron chi connectivity index (χ1n) is 8.06. The van der Waals surface area contributed by atoms with Crippen molar-refractivity contribution in [1.29, 1.82) is 0 Å². The van der Waals surface area contributed by atoms with E-state index in [0.29, 0.717) is 0 Å². The van der Waals surface area contributed by atoms with Gasteiger partial charge in [0.1, 0.15) is 0 Å². The van der Waals surface area contributed by atoms with Crippen LogP contribution in [0.1, 0.15) is 39.0 Å². The van der Waals surface area contributed by atoms with Crippen molar-refractivity contribution >= 4 is 0 Å². The summed E-state index contributed by atoms with van der Waals surface area (Å²) in [4.78, 5) is 5.50. The molecule has 3 rings (SSSR count). The Morgan fingerprint density at radius 2 is 2.11 bits per heavy atom. The zero-order valence-electron chi connectivity index (χ0n) is 11.9. The van der Waals surface area contributed by atoms with E-state index in [1.54, 1.807) is 0 Å². The smallest absolute Gasteiger partial charge is 0.0195 e. The minimum absolute atomic E-state index is 0.774. The summed E-state index contributed by atoms with van der Waals surface area (Å²) in [7, 11) is 0. The molecule has 3 fully saturated rings. The molecule has 0 saturated carbocycles. The Labute approximate surface area is 112 Å². The monoisotopic (exact) mass is 251 g/mol. The fourth-order valence-electron chi connectivity index (χ4n) is 4.29. The number of piperidine rings is 1. The van der Waals surface area contributed by atoms with Crippen LogP contribution < -0.4 is 5.32 Å². The maximum atomic E-state index is 3.68. The molecule has 3 aliphatic heterocycles. The molecule has 0 aromatic heterocycles. The molecule has 18 heavy (non-hydrogen) atoms. The molecule has 0 spiro atoms. The van der Waals surface area contributed by atoms with Crippen LogP contribution in [0.3, 0.4) is 0 Å². The predicted octanol–water partition coefficient (Wildman–Crippen LogP) is 1.54. The van der Waals surface area contributed by atoms with Crippen molar-refractivity contribution in [2.45, 2.75) is 51.1 Å². The Hall–Kier alpha value is -0.120. The summed E-state index contributed by atoms with van der Waals surface area (Å²) in [5.74, 6) is 0.965. The fourth-order valence-corrected chi connectivity index (χ4v) is 4.29. The normalized spacial score (nSPS) is 39.7. The standard InChI is InChI=1S/C15H29N3/c1-2-8-18(12-14-4-3-7-16-14)15-6-10-17-9-5-13(15)11-17/h13-16H,2-12H2,1H3. The molecule has 3 saturated heterocycles. The molecule has 104 valence electrons. The number of hydrogen-bond donors (Lipinski definition) is 1. The number of fused-ring (bicyclic) bond motifs is 2. The average Bonchev–Trinajstić information content (AvgIpc) is 3.00.